The number of phenolic OH excluding ortho intramolecular Hbond substituents is 1. The molecular weight excluding hydrogens is 360 g/mol. The van der Waals surface area contributed by atoms with Crippen molar-refractivity contribution < 1.29 is 23.2 Å². The van der Waals surface area contributed by atoms with Gasteiger partial charge >= 0.3 is 5.69 Å². The number of hydrogen-bond acceptors (Lipinski definition) is 6. The highest BCUT2D eigenvalue weighted by atomic mass is 35.5. The van der Waals surface area contributed by atoms with Gasteiger partial charge in [0.2, 0.25) is 0 Å². The van der Waals surface area contributed by atoms with Gasteiger partial charge in [-0.25, -0.2) is 8.42 Å². The topological polar surface area (TPSA) is 119 Å². The molecule has 0 atom stereocenters. The molecule has 10 heteroatoms. The first-order valence-electron chi connectivity index (χ1n) is 6.50. The second-order valence-electron chi connectivity index (χ2n) is 4.81. The lowest BCUT2D eigenvalue weighted by Gasteiger charge is -2.13. The molecule has 8 nitrogen and oxygen atoms in total. The Morgan fingerprint density at radius 1 is 1.29 bits per heavy atom. The van der Waals surface area contributed by atoms with Gasteiger partial charge in [-0.15, -0.1) is 0 Å². The Bertz CT molecular complexity index is 914. The van der Waals surface area contributed by atoms with Gasteiger partial charge in [0.1, 0.15) is 5.75 Å². The summed E-state index contributed by atoms with van der Waals surface area (Å²) >= 11 is 5.97. The Morgan fingerprint density at radius 3 is 2.54 bits per heavy atom. The number of hydrogen-bond donors (Lipinski definition) is 2. The molecule has 0 aliphatic rings. The first-order chi connectivity index (χ1) is 11.2. The van der Waals surface area contributed by atoms with Crippen LogP contribution in [0.5, 0.6) is 11.5 Å². The Balaban J connectivity index is 2.48. The van der Waals surface area contributed by atoms with Gasteiger partial charge in [-0.2, -0.15) is 0 Å². The van der Waals surface area contributed by atoms with E-state index < -0.39 is 26.4 Å². The average Bonchev–Trinajstić information content (AvgIpc) is 2.50. The second kappa shape index (κ2) is 6.54. The molecular formula is C14H13ClN2O6S. The number of aryl methyl sites for hydroxylation is 1. The number of nitro benzene ring substituents is 1. The molecule has 2 N–H and O–H groups in total. The third-order valence-corrected chi connectivity index (χ3v) is 4.95. The van der Waals surface area contributed by atoms with Crippen LogP contribution in [0.15, 0.2) is 35.2 Å². The van der Waals surface area contributed by atoms with E-state index in [1.165, 1.54) is 19.2 Å². The maximum atomic E-state index is 12.4. The highest BCUT2D eigenvalue weighted by molar-refractivity contribution is 7.92. The van der Waals surface area contributed by atoms with Crippen molar-refractivity contribution >= 4 is 33.0 Å². The average molecular weight is 373 g/mol. The van der Waals surface area contributed by atoms with E-state index >= 15 is 0 Å². The molecule has 0 heterocycles. The van der Waals surface area contributed by atoms with Gasteiger partial charge in [0.05, 0.1) is 22.6 Å². The van der Waals surface area contributed by atoms with Crippen LogP contribution in [0.4, 0.5) is 11.4 Å². The number of methoxy groups -OCH3 is 1. The molecule has 2 aromatic carbocycles. The van der Waals surface area contributed by atoms with E-state index in [1.54, 1.807) is 6.92 Å². The Kier molecular flexibility index (Phi) is 4.86. The summed E-state index contributed by atoms with van der Waals surface area (Å²) in [7, 11) is -2.79. The number of sulfonamides is 1. The number of halogens is 1. The predicted molar refractivity (Wildman–Crippen MR) is 88.3 cm³/mol. The SMILES string of the molecule is COc1cc(Cl)c(C)cc1NS(=O)(=O)c1ccc(O)c([N+](=O)[O-])c1. The van der Waals surface area contributed by atoms with Crippen molar-refractivity contribution in [1.82, 2.24) is 0 Å². The highest BCUT2D eigenvalue weighted by Crippen LogP contribution is 2.34. The van der Waals surface area contributed by atoms with Crippen LogP contribution in [0.1, 0.15) is 5.56 Å². The standard InChI is InChI=1S/C14H13ClN2O6S/c1-8-5-11(14(23-2)7-10(8)15)16-24(21,22)9-3-4-13(18)12(6-9)17(19)20/h3-7,16,18H,1-2H3. The van der Waals surface area contributed by atoms with Crippen LogP contribution in [-0.4, -0.2) is 25.6 Å². The fourth-order valence-corrected chi connectivity index (χ4v) is 3.17. The summed E-state index contributed by atoms with van der Waals surface area (Å²) < 4.78 is 32.3. The molecule has 0 aliphatic carbocycles. The molecule has 2 rings (SSSR count). The third-order valence-electron chi connectivity index (χ3n) is 3.18. The molecule has 2 aromatic rings. The summed E-state index contributed by atoms with van der Waals surface area (Å²) in [5.41, 5.74) is 0.0408. The van der Waals surface area contributed by atoms with E-state index in [4.69, 9.17) is 16.3 Å². The number of benzene rings is 2. The van der Waals surface area contributed by atoms with Gasteiger partial charge in [-0.3, -0.25) is 14.8 Å². The molecule has 128 valence electrons. The first-order valence-corrected chi connectivity index (χ1v) is 8.36. The van der Waals surface area contributed by atoms with Crippen LogP contribution in [-0.2, 0) is 10.0 Å². The minimum absolute atomic E-state index is 0.134. The monoisotopic (exact) mass is 372 g/mol. The van der Waals surface area contributed by atoms with E-state index in [-0.39, 0.29) is 16.3 Å². The number of ether oxygens (including phenoxy) is 1. The maximum Gasteiger partial charge on any atom is 0.312 e. The summed E-state index contributed by atoms with van der Waals surface area (Å²) in [6.45, 7) is 1.69. The number of anilines is 1. The third kappa shape index (κ3) is 3.52. The van der Waals surface area contributed by atoms with Crippen LogP contribution < -0.4 is 9.46 Å². The molecule has 0 aliphatic heterocycles. The van der Waals surface area contributed by atoms with Crippen LogP contribution in [0.2, 0.25) is 5.02 Å². The minimum atomic E-state index is -4.14. The van der Waals surface area contributed by atoms with Crippen molar-refractivity contribution in [2.45, 2.75) is 11.8 Å². The molecule has 0 radical (unpaired) electrons. The molecule has 0 saturated carbocycles. The van der Waals surface area contributed by atoms with E-state index in [1.807, 2.05) is 0 Å². The minimum Gasteiger partial charge on any atom is -0.502 e. The molecule has 0 bridgehead atoms. The molecule has 0 unspecified atom stereocenters. The fourth-order valence-electron chi connectivity index (χ4n) is 1.93. The number of nitro groups is 1. The summed E-state index contributed by atoms with van der Waals surface area (Å²) in [6, 6.07) is 5.70. The van der Waals surface area contributed by atoms with Crippen molar-refractivity contribution in [3.05, 3.63) is 51.0 Å². The van der Waals surface area contributed by atoms with Crippen LogP contribution >= 0.6 is 11.6 Å². The number of nitrogens with one attached hydrogen (secondary N) is 1. The molecule has 24 heavy (non-hydrogen) atoms. The summed E-state index contributed by atoms with van der Waals surface area (Å²) in [4.78, 5) is 9.59. The summed E-state index contributed by atoms with van der Waals surface area (Å²) in [5, 5.41) is 20.7. The lowest BCUT2D eigenvalue weighted by molar-refractivity contribution is -0.386. The molecule has 0 amide bonds. The van der Waals surface area contributed by atoms with Crippen molar-refractivity contribution in [3.63, 3.8) is 0 Å². The first kappa shape index (κ1) is 17.8. The zero-order valence-corrected chi connectivity index (χ0v) is 14.2. The second-order valence-corrected chi connectivity index (χ2v) is 6.90. The number of rotatable bonds is 5. The summed E-state index contributed by atoms with van der Waals surface area (Å²) in [6.07, 6.45) is 0. The van der Waals surface area contributed by atoms with Gasteiger partial charge in [0, 0.05) is 17.2 Å². The smallest absolute Gasteiger partial charge is 0.312 e. The highest BCUT2D eigenvalue weighted by Gasteiger charge is 2.22. The number of nitrogens with zero attached hydrogens (tertiary/aromatic N) is 1. The van der Waals surface area contributed by atoms with Crippen LogP contribution in [0, 0.1) is 17.0 Å². The van der Waals surface area contributed by atoms with Gasteiger partial charge in [0.25, 0.3) is 10.0 Å². The van der Waals surface area contributed by atoms with Gasteiger partial charge in [-0.1, -0.05) is 11.6 Å². The number of phenols is 1. The predicted octanol–water partition coefficient (Wildman–Crippen LogP) is 3.07. The zero-order chi connectivity index (χ0) is 18.1. The van der Waals surface area contributed by atoms with E-state index in [0.29, 0.717) is 10.6 Å². The van der Waals surface area contributed by atoms with Crippen molar-refractivity contribution in [2.75, 3.05) is 11.8 Å². The normalized spacial score (nSPS) is 11.1. The fraction of sp³-hybridized carbons (Fsp3) is 0.143. The molecule has 0 aromatic heterocycles. The molecule has 0 spiro atoms. The van der Waals surface area contributed by atoms with Gasteiger partial charge < -0.3 is 9.84 Å². The lowest BCUT2D eigenvalue weighted by Crippen LogP contribution is -2.14. The Hall–Kier alpha value is -2.52. The van der Waals surface area contributed by atoms with Crippen LogP contribution in [0.25, 0.3) is 0 Å². The van der Waals surface area contributed by atoms with Gasteiger partial charge in [-0.05, 0) is 30.7 Å². The maximum absolute atomic E-state index is 12.4. The van der Waals surface area contributed by atoms with E-state index in [0.717, 1.165) is 18.2 Å². The molecule has 0 fully saturated rings. The van der Waals surface area contributed by atoms with Crippen molar-refractivity contribution in [1.29, 1.82) is 0 Å². The van der Waals surface area contributed by atoms with Crippen molar-refractivity contribution in [3.8, 4) is 11.5 Å². The Morgan fingerprint density at radius 2 is 1.96 bits per heavy atom. The van der Waals surface area contributed by atoms with Gasteiger partial charge in [0.15, 0.2) is 5.75 Å². The molecule has 0 saturated heterocycles. The zero-order valence-electron chi connectivity index (χ0n) is 12.6. The summed E-state index contributed by atoms with van der Waals surface area (Å²) in [5.74, 6) is -0.429. The van der Waals surface area contributed by atoms with Crippen molar-refractivity contribution in [2.24, 2.45) is 0 Å². The largest absolute Gasteiger partial charge is 0.502 e. The number of aromatic hydroxyl groups is 1. The van der Waals surface area contributed by atoms with E-state index in [9.17, 15) is 23.6 Å². The Labute approximate surface area is 142 Å². The quantitative estimate of drug-likeness (QED) is 0.615. The lowest BCUT2D eigenvalue weighted by atomic mass is 10.2. The van der Waals surface area contributed by atoms with Crippen LogP contribution in [0.3, 0.4) is 0 Å². The van der Waals surface area contributed by atoms with E-state index in [2.05, 4.69) is 4.72 Å².